The average Bonchev–Trinajstić information content (AvgIpc) is 3.40. The molecular formula is C25H29N3OS. The number of rotatable bonds is 6. The molecule has 3 aromatic rings. The smallest absolute Gasteiger partial charge is 0.246 e. The van der Waals surface area contributed by atoms with Crippen molar-refractivity contribution >= 4 is 17.2 Å². The lowest BCUT2D eigenvalue weighted by Crippen LogP contribution is -2.37. The van der Waals surface area contributed by atoms with Crippen molar-refractivity contribution in [1.82, 2.24) is 14.7 Å². The van der Waals surface area contributed by atoms with Gasteiger partial charge in [-0.05, 0) is 48.6 Å². The van der Waals surface area contributed by atoms with Crippen LogP contribution in [-0.4, -0.2) is 27.1 Å². The van der Waals surface area contributed by atoms with Gasteiger partial charge >= 0.3 is 0 Å². The minimum Gasteiger partial charge on any atom is -0.333 e. The molecule has 5 heteroatoms. The number of hydrogen-bond acceptors (Lipinski definition) is 3. The molecule has 0 unspecified atom stereocenters. The quantitative estimate of drug-likeness (QED) is 0.501. The summed E-state index contributed by atoms with van der Waals surface area (Å²) in [7, 11) is 0. The first kappa shape index (κ1) is 20.6. The van der Waals surface area contributed by atoms with Crippen LogP contribution < -0.4 is 0 Å². The Bertz CT molecular complexity index is 1080. The molecule has 2 aromatic heterocycles. The standard InChI is InChI=1S/C25H29N3OS/c1-5-17-13-20-22(15-27(25(29)7-3)16-24(20)30-17)19-12-10-9-11-18(19)21-14-26-28(8-4)23(21)6-2/h7,9-14,22H,3,5-6,8,15-16H2,1-2,4H3/t22-/m0/s1. The fourth-order valence-corrected chi connectivity index (χ4v) is 5.73. The number of hydrogen-bond donors (Lipinski definition) is 0. The van der Waals surface area contributed by atoms with E-state index in [0.717, 1.165) is 19.4 Å². The maximum absolute atomic E-state index is 12.5. The maximum atomic E-state index is 12.5. The lowest BCUT2D eigenvalue weighted by molar-refractivity contribution is -0.127. The zero-order chi connectivity index (χ0) is 21.3. The third-order valence-corrected chi connectivity index (χ3v) is 7.33. The summed E-state index contributed by atoms with van der Waals surface area (Å²) < 4.78 is 2.09. The Morgan fingerprint density at radius 3 is 2.70 bits per heavy atom. The summed E-state index contributed by atoms with van der Waals surface area (Å²) in [4.78, 5) is 17.1. The van der Waals surface area contributed by atoms with Crippen molar-refractivity contribution in [2.45, 2.75) is 52.6 Å². The largest absolute Gasteiger partial charge is 0.333 e. The highest BCUT2D eigenvalue weighted by Crippen LogP contribution is 2.42. The zero-order valence-corrected chi connectivity index (χ0v) is 18.8. The fraction of sp³-hybridized carbons (Fsp3) is 0.360. The predicted octanol–water partition coefficient (Wildman–Crippen LogP) is 5.42. The van der Waals surface area contributed by atoms with Crippen LogP contribution in [0.2, 0.25) is 0 Å². The van der Waals surface area contributed by atoms with Crippen LogP contribution in [0.15, 0.2) is 49.2 Å². The molecule has 0 saturated heterocycles. The summed E-state index contributed by atoms with van der Waals surface area (Å²) in [5.74, 6) is 0.155. The van der Waals surface area contributed by atoms with Crippen LogP contribution >= 0.6 is 11.3 Å². The first-order chi connectivity index (χ1) is 14.6. The molecule has 4 nitrogen and oxygen atoms in total. The number of thiophene rings is 1. The number of amides is 1. The molecule has 0 fully saturated rings. The highest BCUT2D eigenvalue weighted by molar-refractivity contribution is 7.12. The molecule has 0 spiro atoms. The third kappa shape index (κ3) is 3.52. The van der Waals surface area contributed by atoms with E-state index in [9.17, 15) is 4.79 Å². The summed E-state index contributed by atoms with van der Waals surface area (Å²) in [6.07, 6.45) is 5.39. The van der Waals surface area contributed by atoms with E-state index in [1.165, 1.54) is 43.8 Å². The molecule has 156 valence electrons. The van der Waals surface area contributed by atoms with Crippen molar-refractivity contribution in [1.29, 1.82) is 0 Å². The van der Waals surface area contributed by atoms with E-state index in [1.54, 1.807) is 0 Å². The van der Waals surface area contributed by atoms with E-state index in [0.29, 0.717) is 13.1 Å². The molecule has 4 rings (SSSR count). The Morgan fingerprint density at radius 2 is 2.00 bits per heavy atom. The topological polar surface area (TPSA) is 38.1 Å². The lowest BCUT2D eigenvalue weighted by atomic mass is 9.83. The number of carbonyl (C=O) groups excluding carboxylic acids is 1. The average molecular weight is 420 g/mol. The Morgan fingerprint density at radius 1 is 1.20 bits per heavy atom. The van der Waals surface area contributed by atoms with Gasteiger partial charge in [0.05, 0.1) is 12.7 Å². The molecule has 1 aliphatic rings. The molecule has 1 aliphatic heterocycles. The third-order valence-electron chi connectivity index (χ3n) is 6.05. The van der Waals surface area contributed by atoms with Crippen LogP contribution in [0, 0.1) is 0 Å². The minimum atomic E-state index is 0.00243. The van der Waals surface area contributed by atoms with Gasteiger partial charge in [0.2, 0.25) is 5.91 Å². The van der Waals surface area contributed by atoms with Crippen LogP contribution in [0.25, 0.3) is 11.1 Å². The van der Waals surface area contributed by atoms with Crippen LogP contribution in [0.1, 0.15) is 53.3 Å². The highest BCUT2D eigenvalue weighted by atomic mass is 32.1. The van der Waals surface area contributed by atoms with Gasteiger partial charge in [0.1, 0.15) is 0 Å². The first-order valence-corrected chi connectivity index (χ1v) is 11.6. The van der Waals surface area contributed by atoms with E-state index in [-0.39, 0.29) is 11.8 Å². The van der Waals surface area contributed by atoms with E-state index >= 15 is 0 Å². The van der Waals surface area contributed by atoms with Gasteiger partial charge in [0.15, 0.2) is 0 Å². The van der Waals surface area contributed by atoms with Crippen LogP contribution in [0.3, 0.4) is 0 Å². The van der Waals surface area contributed by atoms with Gasteiger partial charge in [-0.3, -0.25) is 9.48 Å². The van der Waals surface area contributed by atoms with Crippen molar-refractivity contribution in [2.75, 3.05) is 6.54 Å². The SMILES string of the molecule is C=CC(=O)N1Cc2sc(CC)cc2[C@H](c2ccccc2-c2cnn(CC)c2CC)C1. The van der Waals surface area contributed by atoms with Crippen LogP contribution in [0.4, 0.5) is 0 Å². The Balaban J connectivity index is 1.86. The van der Waals surface area contributed by atoms with Crippen molar-refractivity contribution in [2.24, 2.45) is 0 Å². The van der Waals surface area contributed by atoms with Gasteiger partial charge in [-0.25, -0.2) is 0 Å². The molecule has 1 aromatic carbocycles. The van der Waals surface area contributed by atoms with Crippen molar-refractivity contribution in [3.8, 4) is 11.1 Å². The molecule has 1 amide bonds. The molecular weight excluding hydrogens is 390 g/mol. The van der Waals surface area contributed by atoms with Crippen LogP contribution in [-0.2, 0) is 30.7 Å². The van der Waals surface area contributed by atoms with Gasteiger partial charge in [0.25, 0.3) is 0 Å². The van der Waals surface area contributed by atoms with Gasteiger partial charge in [-0.2, -0.15) is 5.10 Å². The predicted molar refractivity (Wildman–Crippen MR) is 124 cm³/mol. The Labute approximate surface area is 182 Å². The number of benzene rings is 1. The fourth-order valence-electron chi connectivity index (χ4n) is 4.54. The Hall–Kier alpha value is -2.66. The molecule has 30 heavy (non-hydrogen) atoms. The molecule has 3 heterocycles. The first-order valence-electron chi connectivity index (χ1n) is 10.8. The van der Waals surface area contributed by atoms with Crippen LogP contribution in [0.5, 0.6) is 0 Å². The van der Waals surface area contributed by atoms with Crippen molar-refractivity contribution < 1.29 is 4.79 Å². The summed E-state index contributed by atoms with van der Waals surface area (Å²) in [6.45, 7) is 12.4. The van der Waals surface area contributed by atoms with Crippen molar-refractivity contribution in [3.63, 3.8) is 0 Å². The van der Waals surface area contributed by atoms with Gasteiger partial charge < -0.3 is 4.90 Å². The van der Waals surface area contributed by atoms with Gasteiger partial charge in [0, 0.05) is 40.0 Å². The van der Waals surface area contributed by atoms with Gasteiger partial charge in [-0.1, -0.05) is 44.7 Å². The molecule has 0 saturated carbocycles. The van der Waals surface area contributed by atoms with E-state index in [2.05, 4.69) is 67.5 Å². The molecule has 1 atom stereocenters. The summed E-state index contributed by atoms with van der Waals surface area (Å²) in [6, 6.07) is 11.0. The number of aromatic nitrogens is 2. The summed E-state index contributed by atoms with van der Waals surface area (Å²) >= 11 is 1.84. The normalized spacial score (nSPS) is 15.8. The maximum Gasteiger partial charge on any atom is 0.246 e. The molecule has 0 N–H and O–H groups in total. The van der Waals surface area contributed by atoms with E-state index in [4.69, 9.17) is 0 Å². The van der Waals surface area contributed by atoms with Crippen molar-refractivity contribution in [3.05, 3.63) is 75.8 Å². The van der Waals surface area contributed by atoms with Gasteiger partial charge in [-0.15, -0.1) is 11.3 Å². The Kier molecular flexibility index (Phi) is 5.91. The second kappa shape index (κ2) is 8.60. The monoisotopic (exact) mass is 419 g/mol. The minimum absolute atomic E-state index is 0.00243. The summed E-state index contributed by atoms with van der Waals surface area (Å²) in [5.41, 5.74) is 6.33. The molecule has 0 aliphatic carbocycles. The second-order valence-electron chi connectivity index (χ2n) is 7.68. The number of aryl methyl sites for hydroxylation is 2. The number of fused-ring (bicyclic) bond motifs is 1. The second-order valence-corrected chi connectivity index (χ2v) is 8.90. The van der Waals surface area contributed by atoms with E-state index < -0.39 is 0 Å². The summed E-state index contributed by atoms with van der Waals surface area (Å²) in [5, 5.41) is 4.63. The molecule has 0 bridgehead atoms. The highest BCUT2D eigenvalue weighted by Gasteiger charge is 2.32. The number of nitrogens with zero attached hydrogens (tertiary/aromatic N) is 3. The van der Waals surface area contributed by atoms with E-state index in [1.807, 2.05) is 22.4 Å². The number of carbonyl (C=O) groups is 1. The molecule has 0 radical (unpaired) electrons. The lowest BCUT2D eigenvalue weighted by Gasteiger charge is -2.33. The zero-order valence-electron chi connectivity index (χ0n) is 18.0.